The van der Waals surface area contributed by atoms with Crippen molar-refractivity contribution in [2.24, 2.45) is 0 Å². The minimum absolute atomic E-state index is 0.516. The number of piperazine rings is 1. The van der Waals surface area contributed by atoms with Crippen molar-refractivity contribution in [3.05, 3.63) is 11.8 Å². The van der Waals surface area contributed by atoms with Crippen molar-refractivity contribution in [3.8, 4) is 0 Å². The molecule has 0 bridgehead atoms. The Labute approximate surface area is 97.4 Å². The van der Waals surface area contributed by atoms with Crippen LogP contribution in [-0.2, 0) is 4.74 Å². The SMILES string of the molecule is CC/C=C(\C=N)N1CCN2CCOC[C@@H]2C1. The third-order valence-corrected chi connectivity index (χ3v) is 3.36. The number of morpholine rings is 1. The molecule has 16 heavy (non-hydrogen) atoms. The predicted octanol–water partition coefficient (Wildman–Crippen LogP) is 0.946. The van der Waals surface area contributed by atoms with Crippen molar-refractivity contribution >= 4 is 6.21 Å². The lowest BCUT2D eigenvalue weighted by atomic mass is 10.1. The van der Waals surface area contributed by atoms with Crippen LogP contribution >= 0.6 is 0 Å². The second kappa shape index (κ2) is 5.46. The van der Waals surface area contributed by atoms with Gasteiger partial charge in [-0.3, -0.25) is 4.90 Å². The maximum absolute atomic E-state index is 7.45. The van der Waals surface area contributed by atoms with Crippen molar-refractivity contribution in [3.63, 3.8) is 0 Å². The molecular formula is C12H21N3O. The van der Waals surface area contributed by atoms with Gasteiger partial charge in [-0.15, -0.1) is 0 Å². The Hall–Kier alpha value is -0.870. The summed E-state index contributed by atoms with van der Waals surface area (Å²) in [5, 5.41) is 7.45. The topological polar surface area (TPSA) is 39.6 Å². The van der Waals surface area contributed by atoms with Crippen molar-refractivity contribution in [2.45, 2.75) is 19.4 Å². The van der Waals surface area contributed by atoms with E-state index in [0.29, 0.717) is 6.04 Å². The average molecular weight is 223 g/mol. The summed E-state index contributed by atoms with van der Waals surface area (Å²) in [4.78, 5) is 4.82. The Morgan fingerprint density at radius 1 is 1.44 bits per heavy atom. The van der Waals surface area contributed by atoms with Crippen LogP contribution in [0.3, 0.4) is 0 Å². The number of rotatable bonds is 3. The summed E-state index contributed by atoms with van der Waals surface area (Å²) in [6.45, 7) is 8.04. The monoisotopic (exact) mass is 223 g/mol. The molecule has 4 heteroatoms. The molecule has 0 spiro atoms. The van der Waals surface area contributed by atoms with E-state index in [1.165, 1.54) is 6.21 Å². The highest BCUT2D eigenvalue weighted by atomic mass is 16.5. The van der Waals surface area contributed by atoms with Crippen molar-refractivity contribution in [1.29, 1.82) is 5.41 Å². The van der Waals surface area contributed by atoms with E-state index in [2.05, 4.69) is 22.8 Å². The van der Waals surface area contributed by atoms with Crippen LogP contribution in [0.4, 0.5) is 0 Å². The van der Waals surface area contributed by atoms with E-state index in [1.54, 1.807) is 0 Å². The molecule has 90 valence electrons. The summed E-state index contributed by atoms with van der Waals surface area (Å²) in [5.41, 5.74) is 1.06. The maximum atomic E-state index is 7.45. The van der Waals surface area contributed by atoms with Gasteiger partial charge in [0.25, 0.3) is 0 Å². The van der Waals surface area contributed by atoms with Crippen LogP contribution in [0.15, 0.2) is 11.8 Å². The van der Waals surface area contributed by atoms with Gasteiger partial charge in [0, 0.05) is 32.4 Å². The summed E-state index contributed by atoms with van der Waals surface area (Å²) < 4.78 is 5.52. The Bertz CT molecular complexity index is 277. The average Bonchev–Trinajstić information content (AvgIpc) is 2.35. The first-order chi connectivity index (χ1) is 7.85. The maximum Gasteiger partial charge on any atom is 0.0639 e. The highest BCUT2D eigenvalue weighted by molar-refractivity contribution is 5.74. The molecule has 2 fully saturated rings. The van der Waals surface area contributed by atoms with Gasteiger partial charge in [0.1, 0.15) is 0 Å². The Morgan fingerprint density at radius 2 is 2.31 bits per heavy atom. The zero-order chi connectivity index (χ0) is 11.4. The van der Waals surface area contributed by atoms with Gasteiger partial charge < -0.3 is 15.0 Å². The van der Waals surface area contributed by atoms with E-state index in [1.807, 2.05) is 0 Å². The van der Waals surface area contributed by atoms with E-state index >= 15 is 0 Å². The first-order valence-corrected chi connectivity index (χ1v) is 6.12. The summed E-state index contributed by atoms with van der Waals surface area (Å²) in [7, 11) is 0. The van der Waals surface area contributed by atoms with Crippen molar-refractivity contribution in [2.75, 3.05) is 39.4 Å². The van der Waals surface area contributed by atoms with E-state index in [-0.39, 0.29) is 0 Å². The lowest BCUT2D eigenvalue weighted by Gasteiger charge is -2.44. The van der Waals surface area contributed by atoms with E-state index in [9.17, 15) is 0 Å². The van der Waals surface area contributed by atoms with Crippen LogP contribution < -0.4 is 0 Å². The number of ether oxygens (including phenoxy) is 1. The molecule has 1 N–H and O–H groups in total. The minimum Gasteiger partial charge on any atom is -0.378 e. The van der Waals surface area contributed by atoms with Crippen LogP contribution in [0.2, 0.25) is 0 Å². The molecule has 0 unspecified atom stereocenters. The molecule has 0 aromatic heterocycles. The minimum atomic E-state index is 0.516. The summed E-state index contributed by atoms with van der Waals surface area (Å²) in [5.74, 6) is 0. The molecule has 0 aliphatic carbocycles. The van der Waals surface area contributed by atoms with Crippen LogP contribution in [0.5, 0.6) is 0 Å². The molecule has 2 aliphatic heterocycles. The number of nitrogens with one attached hydrogen (secondary N) is 1. The van der Waals surface area contributed by atoms with Gasteiger partial charge in [0.15, 0.2) is 0 Å². The van der Waals surface area contributed by atoms with Gasteiger partial charge in [-0.05, 0) is 6.42 Å². The smallest absolute Gasteiger partial charge is 0.0639 e. The Kier molecular flexibility index (Phi) is 3.96. The number of allylic oxidation sites excluding steroid dienone is 2. The molecule has 2 saturated heterocycles. The molecule has 0 aromatic carbocycles. The van der Waals surface area contributed by atoms with Gasteiger partial charge in [0.2, 0.25) is 0 Å². The number of fused-ring (bicyclic) bond motifs is 1. The van der Waals surface area contributed by atoms with Crippen molar-refractivity contribution in [1.82, 2.24) is 9.80 Å². The number of nitrogens with zero attached hydrogens (tertiary/aromatic N) is 2. The molecule has 1 atom stereocenters. The van der Waals surface area contributed by atoms with E-state index in [0.717, 1.165) is 51.5 Å². The van der Waals surface area contributed by atoms with Crippen LogP contribution in [-0.4, -0.2) is 61.4 Å². The van der Waals surface area contributed by atoms with Gasteiger partial charge in [0.05, 0.1) is 25.0 Å². The van der Waals surface area contributed by atoms with Crippen molar-refractivity contribution < 1.29 is 4.74 Å². The second-order valence-corrected chi connectivity index (χ2v) is 4.39. The molecule has 0 radical (unpaired) electrons. The standard InChI is InChI=1S/C12H21N3O/c1-2-3-11(8-13)15-5-4-14-6-7-16-10-12(14)9-15/h3,8,12-13H,2,4-7,9-10H2,1H3/b11-3+,13-8?/t12-/m0/s1. The van der Waals surface area contributed by atoms with E-state index in [4.69, 9.17) is 10.1 Å². The van der Waals surface area contributed by atoms with Gasteiger partial charge >= 0.3 is 0 Å². The van der Waals surface area contributed by atoms with Gasteiger partial charge in [-0.25, -0.2) is 0 Å². The number of hydrogen-bond donors (Lipinski definition) is 1. The zero-order valence-electron chi connectivity index (χ0n) is 9.98. The Balaban J connectivity index is 1.98. The molecule has 2 heterocycles. The molecule has 4 nitrogen and oxygen atoms in total. The quantitative estimate of drug-likeness (QED) is 0.724. The first kappa shape index (κ1) is 11.6. The third-order valence-electron chi connectivity index (χ3n) is 3.36. The molecule has 0 saturated carbocycles. The predicted molar refractivity (Wildman–Crippen MR) is 64.9 cm³/mol. The Morgan fingerprint density at radius 3 is 3.06 bits per heavy atom. The third kappa shape index (κ3) is 2.44. The fraction of sp³-hybridized carbons (Fsp3) is 0.750. The molecule has 0 amide bonds. The van der Waals surface area contributed by atoms with Gasteiger partial charge in [-0.2, -0.15) is 0 Å². The summed E-state index contributed by atoms with van der Waals surface area (Å²) >= 11 is 0. The molecular weight excluding hydrogens is 202 g/mol. The van der Waals surface area contributed by atoms with Gasteiger partial charge in [-0.1, -0.05) is 13.0 Å². The summed E-state index contributed by atoms with van der Waals surface area (Å²) in [6.07, 6.45) is 4.60. The lowest BCUT2D eigenvalue weighted by Crippen LogP contribution is -2.57. The van der Waals surface area contributed by atoms with Crippen LogP contribution in [0.25, 0.3) is 0 Å². The zero-order valence-corrected chi connectivity index (χ0v) is 9.98. The first-order valence-electron chi connectivity index (χ1n) is 6.12. The largest absolute Gasteiger partial charge is 0.378 e. The lowest BCUT2D eigenvalue weighted by molar-refractivity contribution is -0.0371. The molecule has 0 aromatic rings. The fourth-order valence-corrected chi connectivity index (χ4v) is 2.47. The highest BCUT2D eigenvalue weighted by Crippen LogP contribution is 2.16. The fourth-order valence-electron chi connectivity index (χ4n) is 2.47. The normalized spacial score (nSPS) is 27.7. The second-order valence-electron chi connectivity index (χ2n) is 4.39. The van der Waals surface area contributed by atoms with Crippen LogP contribution in [0.1, 0.15) is 13.3 Å². The highest BCUT2D eigenvalue weighted by Gasteiger charge is 2.29. The van der Waals surface area contributed by atoms with E-state index < -0.39 is 0 Å². The summed E-state index contributed by atoms with van der Waals surface area (Å²) in [6, 6.07) is 0.516. The molecule has 2 rings (SSSR count). The molecule has 2 aliphatic rings. The van der Waals surface area contributed by atoms with Crippen LogP contribution in [0, 0.1) is 5.41 Å². The number of hydrogen-bond acceptors (Lipinski definition) is 4.